The van der Waals surface area contributed by atoms with Crippen LogP contribution in [0.5, 0.6) is 5.75 Å². The Hall–Kier alpha value is -2.67. The zero-order valence-electron chi connectivity index (χ0n) is 12.4. The number of nitrogens with one attached hydrogen (secondary N) is 3. The number of carbonyl (C=O) groups is 1. The van der Waals surface area contributed by atoms with Crippen molar-refractivity contribution in [2.24, 2.45) is 0 Å². The molecule has 2 aromatic carbocycles. The van der Waals surface area contributed by atoms with Crippen molar-refractivity contribution >= 4 is 28.9 Å². The molecule has 0 fully saturated rings. The Morgan fingerprint density at radius 3 is 2.57 bits per heavy atom. The summed E-state index contributed by atoms with van der Waals surface area (Å²) in [6.07, 6.45) is 0.124. The molecule has 2 rings (SSSR count). The molecule has 3 N–H and O–H groups in total. The maximum atomic E-state index is 13.5. The first-order valence-corrected chi connectivity index (χ1v) is 7.23. The van der Waals surface area contributed by atoms with Gasteiger partial charge in [0.15, 0.2) is 5.11 Å². The zero-order valence-corrected chi connectivity index (χ0v) is 13.2. The first-order chi connectivity index (χ1) is 11.1. The third kappa shape index (κ3) is 4.93. The predicted molar refractivity (Wildman–Crippen MR) is 90.6 cm³/mol. The minimum atomic E-state index is -0.433. The van der Waals surface area contributed by atoms with Crippen LogP contribution in [0.15, 0.2) is 48.5 Å². The molecular formula is C16H16FN3O2S. The molecule has 0 saturated heterocycles. The molecule has 0 saturated carbocycles. The molecule has 0 bridgehead atoms. The summed E-state index contributed by atoms with van der Waals surface area (Å²) in [4.78, 5) is 11.9. The van der Waals surface area contributed by atoms with Crippen LogP contribution in [0, 0.1) is 5.82 Å². The van der Waals surface area contributed by atoms with Gasteiger partial charge in [-0.25, -0.2) is 4.39 Å². The van der Waals surface area contributed by atoms with E-state index < -0.39 is 5.82 Å². The molecule has 0 aliphatic heterocycles. The Balaban J connectivity index is 1.84. The summed E-state index contributed by atoms with van der Waals surface area (Å²) in [7, 11) is 1.54. The van der Waals surface area contributed by atoms with Crippen LogP contribution in [0.3, 0.4) is 0 Å². The lowest BCUT2D eigenvalue weighted by molar-refractivity contribution is -0.121. The van der Waals surface area contributed by atoms with Crippen molar-refractivity contribution in [1.29, 1.82) is 0 Å². The molecule has 23 heavy (non-hydrogen) atoms. The zero-order chi connectivity index (χ0) is 16.7. The molecule has 7 heteroatoms. The third-order valence-electron chi connectivity index (χ3n) is 2.98. The fraction of sp³-hybridized carbons (Fsp3) is 0.125. The van der Waals surface area contributed by atoms with E-state index in [1.807, 2.05) is 12.1 Å². The quantitative estimate of drug-likeness (QED) is 0.592. The summed E-state index contributed by atoms with van der Waals surface area (Å²) in [5, 5.41) is 2.74. The van der Waals surface area contributed by atoms with Crippen molar-refractivity contribution in [1.82, 2.24) is 10.9 Å². The SMILES string of the molecule is COc1ccccc1CC(=O)NNC(=S)Nc1ccccc1F. The number of methoxy groups -OCH3 is 1. The lowest BCUT2D eigenvalue weighted by Crippen LogP contribution is -2.44. The van der Waals surface area contributed by atoms with E-state index in [1.165, 1.54) is 6.07 Å². The molecule has 0 atom stereocenters. The number of para-hydroxylation sites is 2. The van der Waals surface area contributed by atoms with Crippen LogP contribution in [-0.4, -0.2) is 18.1 Å². The fourth-order valence-electron chi connectivity index (χ4n) is 1.91. The van der Waals surface area contributed by atoms with Crippen molar-refractivity contribution in [2.75, 3.05) is 12.4 Å². The minimum absolute atomic E-state index is 0.0866. The van der Waals surface area contributed by atoms with Gasteiger partial charge in [0.1, 0.15) is 11.6 Å². The molecule has 2 aromatic rings. The van der Waals surface area contributed by atoms with Crippen LogP contribution in [0.4, 0.5) is 10.1 Å². The van der Waals surface area contributed by atoms with E-state index in [1.54, 1.807) is 37.4 Å². The van der Waals surface area contributed by atoms with Gasteiger partial charge in [0, 0.05) is 5.56 Å². The number of thiocarbonyl (C=S) groups is 1. The van der Waals surface area contributed by atoms with Crippen LogP contribution in [-0.2, 0) is 11.2 Å². The molecule has 0 aromatic heterocycles. The number of rotatable bonds is 4. The van der Waals surface area contributed by atoms with E-state index in [0.717, 1.165) is 5.56 Å². The summed E-state index contributed by atoms with van der Waals surface area (Å²) in [5.74, 6) is -0.0982. The second-order valence-electron chi connectivity index (χ2n) is 4.60. The largest absolute Gasteiger partial charge is 0.496 e. The summed E-state index contributed by atoms with van der Waals surface area (Å²) in [6.45, 7) is 0. The van der Waals surface area contributed by atoms with Crippen LogP contribution < -0.4 is 20.9 Å². The number of carbonyl (C=O) groups excluding carboxylic acids is 1. The van der Waals surface area contributed by atoms with Gasteiger partial charge in [-0.05, 0) is 30.4 Å². The van der Waals surface area contributed by atoms with Gasteiger partial charge < -0.3 is 10.1 Å². The Bertz CT molecular complexity index is 709. The summed E-state index contributed by atoms with van der Waals surface area (Å²) in [5.41, 5.74) is 5.96. The highest BCUT2D eigenvalue weighted by Gasteiger charge is 2.09. The first-order valence-electron chi connectivity index (χ1n) is 6.82. The van der Waals surface area contributed by atoms with Gasteiger partial charge in [0.25, 0.3) is 0 Å². The topological polar surface area (TPSA) is 62.4 Å². The second kappa shape index (κ2) is 8.09. The van der Waals surface area contributed by atoms with Crippen LogP contribution in [0.2, 0.25) is 0 Å². The van der Waals surface area contributed by atoms with Crippen molar-refractivity contribution in [3.63, 3.8) is 0 Å². The smallest absolute Gasteiger partial charge is 0.242 e. The lowest BCUT2D eigenvalue weighted by Gasteiger charge is -2.13. The molecule has 0 aliphatic rings. The van der Waals surface area contributed by atoms with Gasteiger partial charge in [-0.2, -0.15) is 0 Å². The standard InChI is InChI=1S/C16H16FN3O2S/c1-22-14-9-5-2-6-11(14)10-15(21)19-20-16(23)18-13-8-4-3-7-12(13)17/h2-9H,10H2,1H3,(H,19,21)(H2,18,20,23). The number of ether oxygens (including phenoxy) is 1. The van der Waals surface area contributed by atoms with Crippen LogP contribution in [0.25, 0.3) is 0 Å². The van der Waals surface area contributed by atoms with E-state index in [2.05, 4.69) is 16.2 Å². The molecule has 0 aliphatic carbocycles. The van der Waals surface area contributed by atoms with Crippen molar-refractivity contribution in [2.45, 2.75) is 6.42 Å². The molecule has 0 radical (unpaired) electrons. The maximum absolute atomic E-state index is 13.5. The van der Waals surface area contributed by atoms with Crippen molar-refractivity contribution < 1.29 is 13.9 Å². The van der Waals surface area contributed by atoms with Gasteiger partial charge in [0.2, 0.25) is 5.91 Å². The van der Waals surface area contributed by atoms with E-state index in [-0.39, 0.29) is 23.1 Å². The highest BCUT2D eigenvalue weighted by atomic mass is 32.1. The number of benzene rings is 2. The average molecular weight is 333 g/mol. The molecule has 120 valence electrons. The fourth-order valence-corrected chi connectivity index (χ4v) is 2.07. The number of amides is 1. The lowest BCUT2D eigenvalue weighted by atomic mass is 10.1. The summed E-state index contributed by atoms with van der Waals surface area (Å²) < 4.78 is 18.7. The minimum Gasteiger partial charge on any atom is -0.496 e. The maximum Gasteiger partial charge on any atom is 0.242 e. The highest BCUT2D eigenvalue weighted by Crippen LogP contribution is 2.17. The summed E-state index contributed by atoms with van der Waals surface area (Å²) >= 11 is 5.00. The predicted octanol–water partition coefficient (Wildman–Crippen LogP) is 2.39. The van der Waals surface area contributed by atoms with Crippen LogP contribution in [0.1, 0.15) is 5.56 Å². The Morgan fingerprint density at radius 1 is 1.13 bits per heavy atom. The first kappa shape index (κ1) is 16.7. The van der Waals surface area contributed by atoms with E-state index in [0.29, 0.717) is 5.75 Å². The van der Waals surface area contributed by atoms with Gasteiger partial charge in [-0.15, -0.1) is 0 Å². The normalized spacial score (nSPS) is 9.83. The number of anilines is 1. The number of halogens is 1. The molecule has 1 amide bonds. The van der Waals surface area contributed by atoms with Gasteiger partial charge >= 0.3 is 0 Å². The van der Waals surface area contributed by atoms with Crippen LogP contribution >= 0.6 is 12.2 Å². The second-order valence-corrected chi connectivity index (χ2v) is 5.00. The van der Waals surface area contributed by atoms with E-state index in [9.17, 15) is 9.18 Å². The van der Waals surface area contributed by atoms with Gasteiger partial charge in [-0.1, -0.05) is 30.3 Å². The number of hydrazine groups is 1. The van der Waals surface area contributed by atoms with E-state index in [4.69, 9.17) is 17.0 Å². The molecule has 0 unspecified atom stereocenters. The summed E-state index contributed by atoms with van der Waals surface area (Å²) in [6, 6.07) is 13.3. The highest BCUT2D eigenvalue weighted by molar-refractivity contribution is 7.80. The number of hydrogen-bond donors (Lipinski definition) is 3. The Morgan fingerprint density at radius 2 is 1.83 bits per heavy atom. The Labute approximate surface area is 138 Å². The molecule has 5 nitrogen and oxygen atoms in total. The third-order valence-corrected chi connectivity index (χ3v) is 3.19. The molecular weight excluding hydrogens is 317 g/mol. The van der Waals surface area contributed by atoms with Gasteiger partial charge in [-0.3, -0.25) is 15.6 Å². The number of hydrogen-bond acceptors (Lipinski definition) is 3. The van der Waals surface area contributed by atoms with Crippen molar-refractivity contribution in [3.8, 4) is 5.75 Å². The average Bonchev–Trinajstić information content (AvgIpc) is 2.55. The molecule has 0 heterocycles. The Kier molecular flexibility index (Phi) is 5.87. The molecule has 0 spiro atoms. The monoisotopic (exact) mass is 333 g/mol. The van der Waals surface area contributed by atoms with E-state index >= 15 is 0 Å². The van der Waals surface area contributed by atoms with Crippen molar-refractivity contribution in [3.05, 3.63) is 59.9 Å². The van der Waals surface area contributed by atoms with Gasteiger partial charge in [0.05, 0.1) is 19.2 Å².